The molecule has 18 heavy (non-hydrogen) atoms. The summed E-state index contributed by atoms with van der Waals surface area (Å²) in [6, 6.07) is 8.04. The van der Waals surface area contributed by atoms with Gasteiger partial charge in [0.1, 0.15) is 5.01 Å². The molecule has 3 nitrogen and oxygen atoms in total. The molecule has 2 N–H and O–H groups in total. The first kappa shape index (κ1) is 13.5. The van der Waals surface area contributed by atoms with E-state index < -0.39 is 0 Å². The number of nitrogens with two attached hydrogens (primary N) is 1. The van der Waals surface area contributed by atoms with E-state index in [0.29, 0.717) is 6.54 Å². The van der Waals surface area contributed by atoms with Gasteiger partial charge in [-0.15, -0.1) is 11.3 Å². The molecule has 0 fully saturated rings. The van der Waals surface area contributed by atoms with Gasteiger partial charge in [0.2, 0.25) is 0 Å². The average molecular weight is 282 g/mol. The Morgan fingerprint density at radius 2 is 2.00 bits per heavy atom. The quantitative estimate of drug-likeness (QED) is 0.937. The smallest absolute Gasteiger partial charge is 0.115 e. The Morgan fingerprint density at radius 3 is 2.50 bits per heavy atom. The first-order valence-electron chi connectivity index (χ1n) is 5.68. The molecule has 1 atom stereocenters. The molecule has 1 aromatic heterocycles. The van der Waals surface area contributed by atoms with Gasteiger partial charge < -0.3 is 5.73 Å². The number of halogens is 1. The van der Waals surface area contributed by atoms with Crippen LogP contribution < -0.4 is 5.73 Å². The molecule has 0 saturated heterocycles. The van der Waals surface area contributed by atoms with Crippen molar-refractivity contribution in [3.63, 3.8) is 0 Å². The zero-order valence-corrected chi connectivity index (χ0v) is 12.0. The summed E-state index contributed by atoms with van der Waals surface area (Å²) in [6.45, 7) is 0.483. The Hall–Kier alpha value is -0.940. The van der Waals surface area contributed by atoms with Gasteiger partial charge in [-0.25, -0.2) is 4.98 Å². The monoisotopic (exact) mass is 281 g/mol. The molecule has 0 aliphatic heterocycles. The van der Waals surface area contributed by atoms with Crippen LogP contribution in [0.4, 0.5) is 0 Å². The van der Waals surface area contributed by atoms with Gasteiger partial charge in [-0.1, -0.05) is 23.7 Å². The number of nitrogens with zero attached hydrogens (tertiary/aromatic N) is 2. The molecule has 0 amide bonds. The van der Waals surface area contributed by atoms with Crippen LogP contribution in [-0.2, 0) is 6.54 Å². The third-order valence-electron chi connectivity index (χ3n) is 2.71. The van der Waals surface area contributed by atoms with Crippen molar-refractivity contribution in [3.05, 3.63) is 50.9 Å². The summed E-state index contributed by atoms with van der Waals surface area (Å²) in [5, 5.41) is 3.82. The van der Waals surface area contributed by atoms with Gasteiger partial charge in [-0.05, 0) is 31.8 Å². The van der Waals surface area contributed by atoms with E-state index in [2.05, 4.69) is 9.88 Å². The van der Waals surface area contributed by atoms with Crippen molar-refractivity contribution in [2.45, 2.75) is 12.6 Å². The van der Waals surface area contributed by atoms with Gasteiger partial charge in [-0.2, -0.15) is 0 Å². The molecule has 1 aromatic carbocycles. The van der Waals surface area contributed by atoms with Crippen LogP contribution in [0.5, 0.6) is 0 Å². The fourth-order valence-electron chi connectivity index (χ4n) is 1.85. The van der Waals surface area contributed by atoms with E-state index in [-0.39, 0.29) is 6.04 Å². The summed E-state index contributed by atoms with van der Waals surface area (Å²) in [5.74, 6) is 0. The molecule has 2 aromatic rings. The van der Waals surface area contributed by atoms with Crippen molar-refractivity contribution in [1.82, 2.24) is 9.88 Å². The highest BCUT2D eigenvalue weighted by Crippen LogP contribution is 2.29. The predicted molar refractivity (Wildman–Crippen MR) is 77.0 cm³/mol. The SMILES string of the molecule is CN(C)C(c1ccc(Cl)cc1)c1nc(CN)cs1. The van der Waals surface area contributed by atoms with Crippen LogP contribution in [0, 0.1) is 0 Å². The lowest BCUT2D eigenvalue weighted by molar-refractivity contribution is 0.341. The van der Waals surface area contributed by atoms with Crippen LogP contribution >= 0.6 is 22.9 Å². The van der Waals surface area contributed by atoms with Gasteiger partial charge in [-0.3, -0.25) is 4.90 Å². The Kier molecular flexibility index (Phi) is 4.35. The van der Waals surface area contributed by atoms with E-state index in [1.807, 2.05) is 43.7 Å². The van der Waals surface area contributed by atoms with Crippen LogP contribution in [0.1, 0.15) is 22.3 Å². The first-order chi connectivity index (χ1) is 8.61. The average Bonchev–Trinajstić information content (AvgIpc) is 2.80. The van der Waals surface area contributed by atoms with Gasteiger partial charge in [0.05, 0.1) is 11.7 Å². The minimum atomic E-state index is 0.146. The summed E-state index contributed by atoms with van der Waals surface area (Å²) in [7, 11) is 4.09. The maximum atomic E-state index is 5.93. The molecule has 0 aliphatic carbocycles. The molecule has 1 heterocycles. The summed E-state index contributed by atoms with van der Waals surface area (Å²) >= 11 is 7.57. The van der Waals surface area contributed by atoms with Crippen molar-refractivity contribution < 1.29 is 0 Å². The zero-order chi connectivity index (χ0) is 13.1. The van der Waals surface area contributed by atoms with Crippen LogP contribution in [0.2, 0.25) is 5.02 Å². The van der Waals surface area contributed by atoms with E-state index >= 15 is 0 Å². The predicted octanol–water partition coefficient (Wildman–Crippen LogP) is 2.91. The molecule has 0 aliphatic rings. The Morgan fingerprint density at radius 1 is 1.33 bits per heavy atom. The summed E-state index contributed by atoms with van der Waals surface area (Å²) < 4.78 is 0. The molecule has 5 heteroatoms. The van der Waals surface area contributed by atoms with E-state index in [1.165, 1.54) is 5.56 Å². The molecule has 0 bridgehead atoms. The number of hydrogen-bond acceptors (Lipinski definition) is 4. The lowest BCUT2D eigenvalue weighted by Crippen LogP contribution is -2.21. The van der Waals surface area contributed by atoms with Crippen LogP contribution in [0.25, 0.3) is 0 Å². The van der Waals surface area contributed by atoms with Crippen molar-refractivity contribution in [2.24, 2.45) is 5.73 Å². The Balaban J connectivity index is 2.36. The standard InChI is InChI=1S/C13H16ClN3S/c1-17(2)12(9-3-5-10(14)6-4-9)13-16-11(7-15)8-18-13/h3-6,8,12H,7,15H2,1-2H3. The maximum absolute atomic E-state index is 5.93. The molecule has 96 valence electrons. The van der Waals surface area contributed by atoms with Crippen molar-refractivity contribution in [3.8, 4) is 0 Å². The number of benzene rings is 1. The highest BCUT2D eigenvalue weighted by atomic mass is 35.5. The minimum absolute atomic E-state index is 0.146. The molecular formula is C13H16ClN3S. The molecular weight excluding hydrogens is 266 g/mol. The van der Waals surface area contributed by atoms with Gasteiger partial charge in [0.15, 0.2) is 0 Å². The largest absolute Gasteiger partial charge is 0.325 e. The second kappa shape index (κ2) is 5.80. The van der Waals surface area contributed by atoms with Crippen LogP contribution in [0.3, 0.4) is 0 Å². The molecule has 2 rings (SSSR count). The summed E-state index contributed by atoms with van der Waals surface area (Å²) in [4.78, 5) is 6.71. The van der Waals surface area contributed by atoms with Crippen LogP contribution in [0.15, 0.2) is 29.6 Å². The van der Waals surface area contributed by atoms with E-state index in [0.717, 1.165) is 15.7 Å². The summed E-state index contributed by atoms with van der Waals surface area (Å²) in [6.07, 6.45) is 0. The van der Waals surface area contributed by atoms with Crippen molar-refractivity contribution >= 4 is 22.9 Å². The lowest BCUT2D eigenvalue weighted by Gasteiger charge is -2.22. The Bertz CT molecular complexity index is 507. The number of rotatable bonds is 4. The maximum Gasteiger partial charge on any atom is 0.115 e. The van der Waals surface area contributed by atoms with Gasteiger partial charge in [0, 0.05) is 16.9 Å². The molecule has 0 saturated carbocycles. The topological polar surface area (TPSA) is 42.2 Å². The van der Waals surface area contributed by atoms with Gasteiger partial charge >= 0.3 is 0 Å². The third kappa shape index (κ3) is 2.90. The zero-order valence-electron chi connectivity index (χ0n) is 10.4. The van der Waals surface area contributed by atoms with Crippen LogP contribution in [-0.4, -0.2) is 24.0 Å². The van der Waals surface area contributed by atoms with E-state index in [9.17, 15) is 0 Å². The number of aromatic nitrogens is 1. The Labute approximate surface area is 116 Å². The third-order valence-corrected chi connectivity index (χ3v) is 3.91. The van der Waals surface area contributed by atoms with Crippen molar-refractivity contribution in [1.29, 1.82) is 0 Å². The first-order valence-corrected chi connectivity index (χ1v) is 6.94. The molecule has 0 radical (unpaired) electrons. The highest BCUT2D eigenvalue weighted by Gasteiger charge is 2.19. The lowest BCUT2D eigenvalue weighted by atomic mass is 10.1. The fourth-order valence-corrected chi connectivity index (χ4v) is 3.03. The highest BCUT2D eigenvalue weighted by molar-refractivity contribution is 7.09. The van der Waals surface area contributed by atoms with Gasteiger partial charge in [0.25, 0.3) is 0 Å². The second-order valence-corrected chi connectivity index (χ2v) is 5.63. The van der Waals surface area contributed by atoms with E-state index in [1.54, 1.807) is 11.3 Å². The van der Waals surface area contributed by atoms with E-state index in [4.69, 9.17) is 17.3 Å². The fraction of sp³-hybridized carbons (Fsp3) is 0.308. The molecule has 0 spiro atoms. The molecule has 1 unspecified atom stereocenters. The summed E-state index contributed by atoms with van der Waals surface area (Å²) in [5.41, 5.74) is 7.73. The second-order valence-electron chi connectivity index (χ2n) is 4.30. The minimum Gasteiger partial charge on any atom is -0.325 e. The normalized spacial score (nSPS) is 12.9. The van der Waals surface area contributed by atoms with Crippen molar-refractivity contribution in [2.75, 3.05) is 14.1 Å². The number of thiazole rings is 1. The number of hydrogen-bond donors (Lipinski definition) is 1.